The Morgan fingerprint density at radius 1 is 1.12 bits per heavy atom. The summed E-state index contributed by atoms with van der Waals surface area (Å²) in [7, 11) is 5.74. The third kappa shape index (κ3) is 3.54. The maximum absolute atomic E-state index is 5.21. The lowest BCUT2D eigenvalue weighted by Crippen LogP contribution is -2.10. The number of thioether (sulfide) groups is 1. The van der Waals surface area contributed by atoms with E-state index in [0.717, 1.165) is 16.7 Å². The minimum Gasteiger partial charge on any atom is -0.481 e. The largest absolute Gasteiger partial charge is 0.481 e. The van der Waals surface area contributed by atoms with E-state index < -0.39 is 0 Å². The van der Waals surface area contributed by atoms with Gasteiger partial charge in [0.1, 0.15) is 5.82 Å². The molecule has 0 amide bonds. The molecule has 6 heteroatoms. The second-order valence-electron chi connectivity index (χ2n) is 5.43. The van der Waals surface area contributed by atoms with Gasteiger partial charge in [-0.15, -0.1) is 0 Å². The maximum atomic E-state index is 5.21. The number of nitrogens with zero attached hydrogens (tertiary/aromatic N) is 4. The first kappa shape index (κ1) is 16.4. The Labute approximate surface area is 146 Å². The molecule has 0 radical (unpaired) electrons. The van der Waals surface area contributed by atoms with E-state index in [1.165, 1.54) is 11.3 Å². The molecule has 1 aromatic carbocycles. The molecule has 0 bridgehead atoms. The topological polar surface area (TPSA) is 43.2 Å². The lowest BCUT2D eigenvalue weighted by Gasteiger charge is -2.17. The van der Waals surface area contributed by atoms with E-state index in [2.05, 4.69) is 53.2 Å². The summed E-state index contributed by atoms with van der Waals surface area (Å²) in [5.74, 6) is 2.24. The average molecular weight is 340 g/mol. The van der Waals surface area contributed by atoms with Crippen molar-refractivity contribution in [1.29, 1.82) is 0 Å². The van der Waals surface area contributed by atoms with Gasteiger partial charge in [-0.05, 0) is 17.7 Å². The van der Waals surface area contributed by atoms with E-state index in [4.69, 9.17) is 4.74 Å². The Morgan fingerprint density at radius 2 is 1.96 bits per heavy atom. The second kappa shape index (κ2) is 7.40. The number of pyridine rings is 1. The molecular formula is C18H20N4OS. The van der Waals surface area contributed by atoms with Crippen LogP contribution in [0.3, 0.4) is 0 Å². The van der Waals surface area contributed by atoms with Gasteiger partial charge in [-0.1, -0.05) is 36.0 Å². The molecule has 0 unspecified atom stereocenters. The van der Waals surface area contributed by atoms with Gasteiger partial charge in [-0.3, -0.25) is 4.57 Å². The minimum atomic E-state index is 0.593. The maximum Gasteiger partial charge on any atom is 0.214 e. The van der Waals surface area contributed by atoms with Crippen molar-refractivity contribution in [2.45, 2.75) is 10.9 Å². The summed E-state index contributed by atoms with van der Waals surface area (Å²) in [4.78, 5) is 11.1. The van der Waals surface area contributed by atoms with Gasteiger partial charge < -0.3 is 9.64 Å². The van der Waals surface area contributed by atoms with E-state index in [1.807, 2.05) is 29.0 Å². The summed E-state index contributed by atoms with van der Waals surface area (Å²) in [6.45, 7) is 0. The van der Waals surface area contributed by atoms with Gasteiger partial charge in [0, 0.05) is 44.0 Å². The fourth-order valence-corrected chi connectivity index (χ4v) is 3.39. The van der Waals surface area contributed by atoms with Gasteiger partial charge in [-0.25, -0.2) is 4.98 Å². The summed E-state index contributed by atoms with van der Waals surface area (Å²) in [5, 5.41) is 0.907. The van der Waals surface area contributed by atoms with Crippen molar-refractivity contribution < 1.29 is 4.74 Å². The molecule has 24 heavy (non-hydrogen) atoms. The molecule has 0 atom stereocenters. The van der Waals surface area contributed by atoms with Crippen LogP contribution in [0.4, 0.5) is 5.69 Å². The smallest absolute Gasteiger partial charge is 0.214 e. The van der Waals surface area contributed by atoms with Crippen molar-refractivity contribution in [1.82, 2.24) is 14.5 Å². The van der Waals surface area contributed by atoms with E-state index in [9.17, 15) is 0 Å². The number of hydrogen-bond acceptors (Lipinski definition) is 5. The minimum absolute atomic E-state index is 0.593. The molecule has 3 rings (SSSR count). The number of methoxy groups -OCH3 is 1. The van der Waals surface area contributed by atoms with E-state index in [0.29, 0.717) is 5.88 Å². The fraction of sp³-hybridized carbons (Fsp3) is 0.222. The zero-order valence-corrected chi connectivity index (χ0v) is 14.8. The first-order valence-electron chi connectivity index (χ1n) is 7.62. The summed E-state index contributed by atoms with van der Waals surface area (Å²) in [6.07, 6.45) is 3.71. The van der Waals surface area contributed by atoms with Crippen LogP contribution in [-0.2, 0) is 5.75 Å². The highest BCUT2D eigenvalue weighted by Crippen LogP contribution is 2.28. The highest BCUT2D eigenvalue weighted by atomic mass is 32.2. The quantitative estimate of drug-likeness (QED) is 0.641. The molecule has 0 fully saturated rings. The van der Waals surface area contributed by atoms with Crippen LogP contribution in [0.25, 0.3) is 5.82 Å². The molecule has 124 valence electrons. The van der Waals surface area contributed by atoms with Crippen molar-refractivity contribution in [3.63, 3.8) is 0 Å². The van der Waals surface area contributed by atoms with E-state index in [-0.39, 0.29) is 0 Å². The summed E-state index contributed by atoms with van der Waals surface area (Å²) >= 11 is 1.69. The van der Waals surface area contributed by atoms with Crippen LogP contribution >= 0.6 is 11.8 Å². The highest BCUT2D eigenvalue weighted by Gasteiger charge is 2.10. The molecule has 0 saturated carbocycles. The van der Waals surface area contributed by atoms with E-state index in [1.54, 1.807) is 25.1 Å². The monoisotopic (exact) mass is 340 g/mol. The average Bonchev–Trinajstić information content (AvgIpc) is 3.08. The molecule has 2 aromatic heterocycles. The van der Waals surface area contributed by atoms with Crippen molar-refractivity contribution in [3.8, 4) is 11.7 Å². The molecule has 0 spiro atoms. The number of imidazole rings is 1. The molecule has 0 aliphatic rings. The Hall–Kier alpha value is -2.47. The molecule has 2 heterocycles. The number of benzene rings is 1. The van der Waals surface area contributed by atoms with Gasteiger partial charge >= 0.3 is 0 Å². The number of para-hydroxylation sites is 1. The van der Waals surface area contributed by atoms with Crippen LogP contribution in [0.1, 0.15) is 5.56 Å². The van der Waals surface area contributed by atoms with Crippen LogP contribution in [0.2, 0.25) is 0 Å². The van der Waals surface area contributed by atoms with Gasteiger partial charge in [0.25, 0.3) is 0 Å². The van der Waals surface area contributed by atoms with Gasteiger partial charge in [0.05, 0.1) is 7.11 Å². The van der Waals surface area contributed by atoms with Gasteiger partial charge in [0.15, 0.2) is 5.16 Å². The summed E-state index contributed by atoms with van der Waals surface area (Å²) in [5.41, 5.74) is 2.50. The summed E-state index contributed by atoms with van der Waals surface area (Å²) in [6, 6.07) is 14.1. The van der Waals surface area contributed by atoms with Crippen LogP contribution < -0.4 is 9.64 Å². The van der Waals surface area contributed by atoms with Crippen LogP contribution in [0.15, 0.2) is 60.0 Å². The van der Waals surface area contributed by atoms with Crippen molar-refractivity contribution in [3.05, 3.63) is 60.4 Å². The second-order valence-corrected chi connectivity index (χ2v) is 6.37. The van der Waals surface area contributed by atoms with Gasteiger partial charge in [0.2, 0.25) is 5.88 Å². The third-order valence-corrected chi connectivity index (χ3v) is 4.62. The van der Waals surface area contributed by atoms with E-state index >= 15 is 0 Å². The Morgan fingerprint density at radius 3 is 2.75 bits per heavy atom. The zero-order chi connectivity index (χ0) is 16.9. The molecule has 0 aliphatic carbocycles. The van der Waals surface area contributed by atoms with Gasteiger partial charge in [-0.2, -0.15) is 4.98 Å². The van der Waals surface area contributed by atoms with Crippen LogP contribution in [0.5, 0.6) is 5.88 Å². The number of aromatic nitrogens is 3. The predicted octanol–water partition coefficient (Wildman–Crippen LogP) is 3.63. The normalized spacial score (nSPS) is 10.6. The zero-order valence-electron chi connectivity index (χ0n) is 14.0. The molecular weight excluding hydrogens is 320 g/mol. The molecule has 3 aromatic rings. The molecule has 0 N–H and O–H groups in total. The molecule has 0 aliphatic heterocycles. The molecule has 0 saturated heterocycles. The number of hydrogen-bond donors (Lipinski definition) is 0. The number of ether oxygens (including phenoxy) is 1. The third-order valence-electron chi connectivity index (χ3n) is 3.60. The first-order valence-corrected chi connectivity index (χ1v) is 8.60. The SMILES string of the molecule is COc1cccc(-n2ccnc2SCc2ccccc2N(C)C)n1. The lowest BCUT2D eigenvalue weighted by molar-refractivity contribution is 0.397. The Bertz CT molecular complexity index is 816. The van der Waals surface area contributed by atoms with Crippen molar-refractivity contribution in [2.75, 3.05) is 26.1 Å². The lowest BCUT2D eigenvalue weighted by atomic mass is 10.2. The highest BCUT2D eigenvalue weighted by molar-refractivity contribution is 7.98. The fourth-order valence-electron chi connectivity index (χ4n) is 2.43. The number of anilines is 1. The standard InChI is InChI=1S/C18H20N4OS/c1-21(2)15-8-5-4-7-14(15)13-24-18-19-11-12-22(18)16-9-6-10-17(20-16)23-3/h4-12H,13H2,1-3H3. The summed E-state index contributed by atoms with van der Waals surface area (Å²) < 4.78 is 7.18. The Balaban J connectivity index is 1.82. The van der Waals surface area contributed by atoms with Crippen molar-refractivity contribution in [2.24, 2.45) is 0 Å². The predicted molar refractivity (Wildman–Crippen MR) is 98.2 cm³/mol. The number of rotatable bonds is 6. The van der Waals surface area contributed by atoms with Crippen molar-refractivity contribution >= 4 is 17.4 Å². The van der Waals surface area contributed by atoms with Crippen LogP contribution in [-0.4, -0.2) is 35.7 Å². The van der Waals surface area contributed by atoms with Crippen LogP contribution in [0, 0.1) is 0 Å². The first-order chi connectivity index (χ1) is 11.7. The molecule has 5 nitrogen and oxygen atoms in total. The Kier molecular flexibility index (Phi) is 5.05.